The lowest BCUT2D eigenvalue weighted by atomic mass is 9.89. The number of hydrogen-bond donors (Lipinski definition) is 0. The van der Waals surface area contributed by atoms with E-state index in [0.717, 1.165) is 15.9 Å². The van der Waals surface area contributed by atoms with Crippen molar-refractivity contribution < 1.29 is 4.57 Å². The van der Waals surface area contributed by atoms with Gasteiger partial charge in [-0.05, 0) is 58.8 Å². The first-order chi connectivity index (χ1) is 11.1. The molecular formula is C21H30ClOP. The van der Waals surface area contributed by atoms with E-state index >= 15 is 0 Å². The molecule has 0 amide bonds. The zero-order valence-corrected chi connectivity index (χ0v) is 17.6. The Morgan fingerprint density at radius 3 is 1.83 bits per heavy atom. The summed E-state index contributed by atoms with van der Waals surface area (Å²) in [5, 5.41) is 1.81. The van der Waals surface area contributed by atoms with Crippen LogP contribution in [0.2, 0.25) is 0 Å². The summed E-state index contributed by atoms with van der Waals surface area (Å²) in [6, 6.07) is 4.55. The van der Waals surface area contributed by atoms with E-state index in [4.69, 9.17) is 11.6 Å². The molecule has 0 bridgehead atoms. The van der Waals surface area contributed by atoms with Gasteiger partial charge in [-0.2, -0.15) is 0 Å². The van der Waals surface area contributed by atoms with Crippen molar-refractivity contribution in [1.29, 1.82) is 0 Å². The molecule has 0 aromatic heterocycles. The summed E-state index contributed by atoms with van der Waals surface area (Å²) in [4.78, 5) is 0. The Morgan fingerprint density at radius 2 is 1.46 bits per heavy atom. The monoisotopic (exact) mass is 364 g/mol. The molecule has 1 aliphatic heterocycles. The zero-order chi connectivity index (χ0) is 18.2. The summed E-state index contributed by atoms with van der Waals surface area (Å²) < 4.78 is 13.9. The van der Waals surface area contributed by atoms with Gasteiger partial charge in [-0.3, -0.25) is 0 Å². The Hall–Kier alpha value is -0.780. The van der Waals surface area contributed by atoms with Gasteiger partial charge in [-0.15, -0.1) is 0 Å². The Kier molecular flexibility index (Phi) is 5.88. The summed E-state index contributed by atoms with van der Waals surface area (Å²) in [6.45, 7) is 15.2. The van der Waals surface area contributed by atoms with Gasteiger partial charge in [0.15, 0.2) is 0 Å². The van der Waals surface area contributed by atoms with E-state index < -0.39 is 7.14 Å². The van der Waals surface area contributed by atoms with Crippen LogP contribution in [0.3, 0.4) is 0 Å². The molecule has 0 radical (unpaired) electrons. The molecule has 1 aliphatic rings. The average Bonchev–Trinajstić information content (AvgIpc) is 2.49. The van der Waals surface area contributed by atoms with Gasteiger partial charge in [0.25, 0.3) is 0 Å². The fourth-order valence-corrected chi connectivity index (χ4v) is 6.82. The van der Waals surface area contributed by atoms with Crippen LogP contribution in [0.4, 0.5) is 0 Å². The lowest BCUT2D eigenvalue weighted by molar-refractivity contribution is 0.586. The minimum atomic E-state index is -2.62. The smallest absolute Gasteiger partial charge is 0.140 e. The molecule has 1 aromatic rings. The predicted molar refractivity (Wildman–Crippen MR) is 109 cm³/mol. The third kappa shape index (κ3) is 3.73. The third-order valence-corrected chi connectivity index (χ3v) is 8.12. The van der Waals surface area contributed by atoms with Crippen molar-refractivity contribution in [3.05, 3.63) is 51.3 Å². The standard InChI is InChI=1S/C21H30ClOP/c1-13(2)17-10-18(14(3)4)21(19(11-17)15(5)6)24(23)9-8-20(22)16(7)12-24/h8-11,13-15H,12H2,1-7H3. The van der Waals surface area contributed by atoms with E-state index in [1.807, 2.05) is 18.8 Å². The molecule has 1 aromatic carbocycles. The summed E-state index contributed by atoms with van der Waals surface area (Å²) in [5.74, 6) is 3.03. The summed E-state index contributed by atoms with van der Waals surface area (Å²) >= 11 is 6.23. The van der Waals surface area contributed by atoms with E-state index in [-0.39, 0.29) is 0 Å². The maximum Gasteiger partial charge on any atom is 0.140 e. The molecule has 0 N–H and O–H groups in total. The highest BCUT2D eigenvalue weighted by Gasteiger charge is 2.32. The van der Waals surface area contributed by atoms with Gasteiger partial charge < -0.3 is 4.57 Å². The van der Waals surface area contributed by atoms with Crippen LogP contribution in [0.15, 0.2) is 34.6 Å². The van der Waals surface area contributed by atoms with Gasteiger partial charge in [0.2, 0.25) is 0 Å². The molecule has 24 heavy (non-hydrogen) atoms. The van der Waals surface area contributed by atoms with Crippen molar-refractivity contribution >= 4 is 24.0 Å². The number of halogens is 1. The van der Waals surface area contributed by atoms with E-state index in [2.05, 4.69) is 53.7 Å². The topological polar surface area (TPSA) is 17.1 Å². The number of rotatable bonds is 4. The third-order valence-electron chi connectivity index (χ3n) is 4.82. The maximum atomic E-state index is 13.9. The number of benzene rings is 1. The minimum absolute atomic E-state index is 0.345. The fraction of sp³-hybridized carbons (Fsp3) is 0.524. The Balaban J connectivity index is 2.77. The van der Waals surface area contributed by atoms with Crippen LogP contribution in [-0.4, -0.2) is 6.16 Å². The van der Waals surface area contributed by atoms with Gasteiger partial charge >= 0.3 is 0 Å². The highest BCUT2D eigenvalue weighted by atomic mass is 35.5. The Bertz CT molecular complexity index is 709. The van der Waals surface area contributed by atoms with Crippen molar-refractivity contribution in [2.75, 3.05) is 6.16 Å². The van der Waals surface area contributed by atoms with Crippen LogP contribution in [0.5, 0.6) is 0 Å². The second kappa shape index (κ2) is 7.22. The van der Waals surface area contributed by atoms with Crippen molar-refractivity contribution in [2.24, 2.45) is 0 Å². The summed E-state index contributed by atoms with van der Waals surface area (Å²) in [5.41, 5.74) is 4.84. The van der Waals surface area contributed by atoms with E-state index in [1.54, 1.807) is 0 Å². The first-order valence-electron chi connectivity index (χ1n) is 8.88. The lowest BCUT2D eigenvalue weighted by Gasteiger charge is -2.29. The maximum absolute atomic E-state index is 13.9. The molecule has 1 heterocycles. The molecule has 3 heteroatoms. The van der Waals surface area contributed by atoms with Crippen LogP contribution in [-0.2, 0) is 4.57 Å². The van der Waals surface area contributed by atoms with Gasteiger partial charge in [-0.25, -0.2) is 0 Å². The molecular weight excluding hydrogens is 335 g/mol. The molecule has 2 rings (SSSR count). The van der Waals surface area contributed by atoms with Gasteiger partial charge in [0.1, 0.15) is 7.14 Å². The fourth-order valence-electron chi connectivity index (χ4n) is 3.32. The largest absolute Gasteiger partial charge is 0.314 e. The predicted octanol–water partition coefficient (Wildman–Crippen LogP) is 7.09. The molecule has 0 saturated carbocycles. The molecule has 1 nitrogen and oxygen atoms in total. The normalized spacial score (nSPS) is 21.5. The Labute approximate surface area is 152 Å². The van der Waals surface area contributed by atoms with Crippen LogP contribution in [0.25, 0.3) is 0 Å². The molecule has 0 fully saturated rings. The first-order valence-corrected chi connectivity index (χ1v) is 11.2. The van der Waals surface area contributed by atoms with Gasteiger partial charge in [0, 0.05) is 16.5 Å². The lowest BCUT2D eigenvalue weighted by Crippen LogP contribution is -2.22. The van der Waals surface area contributed by atoms with E-state index in [1.165, 1.54) is 16.7 Å². The Morgan fingerprint density at radius 1 is 0.958 bits per heavy atom. The molecule has 1 unspecified atom stereocenters. The minimum Gasteiger partial charge on any atom is -0.314 e. The van der Waals surface area contributed by atoms with Crippen molar-refractivity contribution in [3.63, 3.8) is 0 Å². The second-order valence-electron chi connectivity index (χ2n) is 7.91. The molecule has 1 atom stereocenters. The SMILES string of the molecule is CC1=C(Cl)C=CP(=O)(c2c(C(C)C)cc(C(C)C)cc2C(C)C)C1. The van der Waals surface area contributed by atoms with Gasteiger partial charge in [-0.1, -0.05) is 65.3 Å². The van der Waals surface area contributed by atoms with Crippen LogP contribution in [0.1, 0.15) is 82.9 Å². The molecule has 0 aliphatic carbocycles. The van der Waals surface area contributed by atoms with Crippen molar-refractivity contribution in [3.8, 4) is 0 Å². The number of allylic oxidation sites excluding steroid dienone is 3. The highest BCUT2D eigenvalue weighted by Crippen LogP contribution is 2.54. The van der Waals surface area contributed by atoms with Crippen molar-refractivity contribution in [2.45, 2.75) is 66.2 Å². The quantitative estimate of drug-likeness (QED) is 0.521. The average molecular weight is 365 g/mol. The van der Waals surface area contributed by atoms with E-state index in [0.29, 0.717) is 23.9 Å². The van der Waals surface area contributed by atoms with Crippen LogP contribution >= 0.6 is 18.7 Å². The highest BCUT2D eigenvalue weighted by molar-refractivity contribution is 7.75. The second-order valence-corrected chi connectivity index (χ2v) is 11.0. The molecule has 0 saturated heterocycles. The van der Waals surface area contributed by atoms with E-state index in [9.17, 15) is 4.57 Å². The number of hydrogen-bond acceptors (Lipinski definition) is 1. The first kappa shape index (κ1) is 19.5. The summed E-state index contributed by atoms with van der Waals surface area (Å²) in [7, 11) is -2.62. The molecule has 132 valence electrons. The summed E-state index contributed by atoms with van der Waals surface area (Å²) in [6.07, 6.45) is 2.40. The van der Waals surface area contributed by atoms with Gasteiger partial charge in [0.05, 0.1) is 0 Å². The van der Waals surface area contributed by atoms with Crippen molar-refractivity contribution in [1.82, 2.24) is 0 Å². The van der Waals surface area contributed by atoms with Crippen LogP contribution < -0.4 is 5.30 Å². The van der Waals surface area contributed by atoms with Crippen LogP contribution in [0, 0.1) is 0 Å². The zero-order valence-electron chi connectivity index (χ0n) is 16.0. The molecule has 0 spiro atoms.